The van der Waals surface area contributed by atoms with E-state index < -0.39 is 52.7 Å². The molecule has 0 fully saturated rings. The van der Waals surface area contributed by atoms with Crippen molar-refractivity contribution in [2.75, 3.05) is 6.54 Å². The number of para-hydroxylation sites is 1. The van der Waals surface area contributed by atoms with Gasteiger partial charge in [0.05, 0.1) is 10.9 Å². The first kappa shape index (κ1) is 23.8. The van der Waals surface area contributed by atoms with E-state index >= 15 is 0 Å². The van der Waals surface area contributed by atoms with Gasteiger partial charge in [0, 0.05) is 5.56 Å². The Morgan fingerprint density at radius 1 is 1.06 bits per heavy atom. The van der Waals surface area contributed by atoms with Crippen LogP contribution in [0.1, 0.15) is 36.7 Å². The number of alkyl halides is 3. The Bertz CT molecular complexity index is 1270. The van der Waals surface area contributed by atoms with Crippen LogP contribution < -0.4 is 10.9 Å². The second-order valence-corrected chi connectivity index (χ2v) is 8.14. The zero-order valence-corrected chi connectivity index (χ0v) is 17.9. The van der Waals surface area contributed by atoms with Crippen molar-refractivity contribution in [1.29, 1.82) is 0 Å². The van der Waals surface area contributed by atoms with Gasteiger partial charge in [0.1, 0.15) is 23.5 Å². The summed E-state index contributed by atoms with van der Waals surface area (Å²) in [6, 6.07) is 8.53. The summed E-state index contributed by atoms with van der Waals surface area (Å²) in [6.45, 7) is 4.39. The van der Waals surface area contributed by atoms with Crippen molar-refractivity contribution in [3.8, 4) is 16.9 Å². The van der Waals surface area contributed by atoms with Crippen LogP contribution in [0.3, 0.4) is 0 Å². The van der Waals surface area contributed by atoms with Gasteiger partial charge in [0.15, 0.2) is 5.56 Å². The molecule has 0 aliphatic heterocycles. The minimum absolute atomic E-state index is 0.00517. The lowest BCUT2D eigenvalue weighted by Gasteiger charge is -2.19. The average molecular weight is 463 g/mol. The number of nitrogens with one attached hydrogen (secondary N) is 1. The van der Waals surface area contributed by atoms with E-state index in [-0.39, 0.29) is 16.5 Å². The van der Waals surface area contributed by atoms with E-state index in [1.165, 1.54) is 30.3 Å². The zero-order valence-electron chi connectivity index (χ0n) is 17.9. The zero-order chi connectivity index (χ0) is 24.6. The topological polar surface area (TPSA) is 106 Å². The van der Waals surface area contributed by atoms with Crippen molar-refractivity contribution in [3.63, 3.8) is 0 Å². The first-order valence-electron chi connectivity index (χ1n) is 9.74. The van der Waals surface area contributed by atoms with Crippen molar-refractivity contribution in [3.05, 3.63) is 64.0 Å². The van der Waals surface area contributed by atoms with Crippen molar-refractivity contribution in [2.24, 2.45) is 0 Å². The number of hydrogen-bond acceptors (Lipinski definition) is 6. The first-order valence-corrected chi connectivity index (χ1v) is 9.74. The lowest BCUT2D eigenvalue weighted by Crippen LogP contribution is -2.36. The lowest BCUT2D eigenvalue weighted by atomic mass is 10.0. The van der Waals surface area contributed by atoms with Gasteiger partial charge in [-0.25, -0.2) is 4.79 Å². The smallest absolute Gasteiger partial charge is 0.416 e. The normalized spacial score (nSPS) is 11.9. The van der Waals surface area contributed by atoms with Gasteiger partial charge in [-0.1, -0.05) is 24.3 Å². The summed E-state index contributed by atoms with van der Waals surface area (Å²) in [4.78, 5) is 36.7. The van der Waals surface area contributed by atoms with Crippen LogP contribution in [0.5, 0.6) is 5.75 Å². The maximum absolute atomic E-state index is 12.8. The third kappa shape index (κ3) is 5.33. The number of ether oxygens (including phenoxy) is 1. The number of carbonyl (C=O) groups is 2. The van der Waals surface area contributed by atoms with Crippen LogP contribution in [0, 0.1) is 0 Å². The summed E-state index contributed by atoms with van der Waals surface area (Å²) in [5.74, 6) is -2.48. The van der Waals surface area contributed by atoms with Gasteiger partial charge in [-0.05, 0) is 44.5 Å². The predicted molar refractivity (Wildman–Crippen MR) is 113 cm³/mol. The fourth-order valence-corrected chi connectivity index (χ4v) is 3.09. The molecule has 0 atom stereocenters. The van der Waals surface area contributed by atoms with E-state index in [0.29, 0.717) is 5.56 Å². The molecule has 0 bridgehead atoms. The number of carbonyl (C=O) groups excluding carboxylic acids is 2. The Balaban J connectivity index is 1.96. The molecule has 1 heterocycles. The molecule has 0 radical (unpaired) electrons. The average Bonchev–Trinajstić information content (AvgIpc) is 2.70. The minimum atomic E-state index is -4.51. The van der Waals surface area contributed by atoms with Crippen LogP contribution >= 0.6 is 0 Å². The van der Waals surface area contributed by atoms with Crippen LogP contribution in [0.25, 0.3) is 22.1 Å². The largest absolute Gasteiger partial charge is 0.506 e. The van der Waals surface area contributed by atoms with E-state index in [2.05, 4.69) is 5.32 Å². The molecule has 1 aromatic heterocycles. The van der Waals surface area contributed by atoms with E-state index in [1.807, 2.05) is 0 Å². The van der Waals surface area contributed by atoms with Crippen molar-refractivity contribution < 1.29 is 37.0 Å². The molecule has 0 saturated carbocycles. The number of halogens is 3. The molecule has 0 spiro atoms. The van der Waals surface area contributed by atoms with Gasteiger partial charge < -0.3 is 19.6 Å². The van der Waals surface area contributed by atoms with Gasteiger partial charge in [0.2, 0.25) is 0 Å². The molecule has 1 amide bonds. The van der Waals surface area contributed by atoms with Gasteiger partial charge in [-0.2, -0.15) is 13.2 Å². The van der Waals surface area contributed by atoms with Crippen LogP contribution in [-0.2, 0) is 15.7 Å². The van der Waals surface area contributed by atoms with E-state index in [0.717, 1.165) is 12.1 Å². The Hall–Kier alpha value is -3.82. The molecular formula is C23H20F3NO6. The summed E-state index contributed by atoms with van der Waals surface area (Å²) in [5, 5.41) is 12.8. The Morgan fingerprint density at radius 2 is 1.70 bits per heavy atom. The summed E-state index contributed by atoms with van der Waals surface area (Å²) in [5.41, 5.74) is -3.08. The summed E-state index contributed by atoms with van der Waals surface area (Å²) in [7, 11) is 0. The van der Waals surface area contributed by atoms with E-state index in [9.17, 15) is 32.7 Å². The third-order valence-corrected chi connectivity index (χ3v) is 4.47. The highest BCUT2D eigenvalue weighted by Crippen LogP contribution is 2.35. The second-order valence-electron chi connectivity index (χ2n) is 8.14. The second kappa shape index (κ2) is 8.61. The molecule has 0 aliphatic carbocycles. The SMILES string of the molecule is CC(C)(C)OC(=O)CNC(=O)c1c(O)c2cccc(-c3ccc(C(F)(F)F)cc3)c2oc1=O. The highest BCUT2D eigenvalue weighted by molar-refractivity contribution is 6.04. The molecule has 3 rings (SSSR count). The number of hydrogen-bond donors (Lipinski definition) is 2. The molecule has 2 N–H and O–H groups in total. The Kier molecular flexibility index (Phi) is 6.22. The standard InChI is InChI=1S/C23H20F3NO6/c1-22(2,3)33-16(28)11-27-20(30)17-18(29)15-6-4-5-14(19(15)32-21(17)31)12-7-9-13(10-8-12)23(24,25)26/h4-10,29H,11H2,1-3H3,(H,27,30). The highest BCUT2D eigenvalue weighted by Gasteiger charge is 2.30. The van der Waals surface area contributed by atoms with Gasteiger partial charge >= 0.3 is 17.8 Å². The number of benzene rings is 2. The predicted octanol–water partition coefficient (Wildman–Crippen LogP) is 4.26. The van der Waals surface area contributed by atoms with Crippen molar-refractivity contribution in [2.45, 2.75) is 32.5 Å². The number of aromatic hydroxyl groups is 1. The molecule has 33 heavy (non-hydrogen) atoms. The van der Waals surface area contributed by atoms with Crippen LogP contribution in [0.4, 0.5) is 13.2 Å². The monoisotopic (exact) mass is 463 g/mol. The maximum Gasteiger partial charge on any atom is 0.416 e. The Morgan fingerprint density at radius 3 is 2.27 bits per heavy atom. The van der Waals surface area contributed by atoms with Crippen LogP contribution in [0.2, 0.25) is 0 Å². The summed E-state index contributed by atoms with van der Waals surface area (Å²) < 4.78 is 48.8. The maximum atomic E-state index is 12.8. The minimum Gasteiger partial charge on any atom is -0.506 e. The molecule has 0 aliphatic rings. The van der Waals surface area contributed by atoms with Crippen molar-refractivity contribution >= 4 is 22.8 Å². The summed E-state index contributed by atoms with van der Waals surface area (Å²) >= 11 is 0. The molecule has 0 saturated heterocycles. The molecule has 0 unspecified atom stereocenters. The first-order chi connectivity index (χ1) is 15.3. The molecule has 10 heteroatoms. The van der Waals surface area contributed by atoms with Crippen LogP contribution in [-0.4, -0.2) is 29.1 Å². The molecule has 2 aromatic carbocycles. The highest BCUT2D eigenvalue weighted by atomic mass is 19.4. The number of amides is 1. The quantitative estimate of drug-likeness (QED) is 0.443. The van der Waals surface area contributed by atoms with Gasteiger partial charge in [0.25, 0.3) is 5.91 Å². The van der Waals surface area contributed by atoms with Gasteiger partial charge in [-0.3, -0.25) is 9.59 Å². The lowest BCUT2D eigenvalue weighted by molar-refractivity contribution is -0.153. The Labute approximate surface area is 185 Å². The number of fused-ring (bicyclic) bond motifs is 1. The molecule has 3 aromatic rings. The fourth-order valence-electron chi connectivity index (χ4n) is 3.09. The fraction of sp³-hybridized carbons (Fsp3) is 0.261. The summed E-state index contributed by atoms with van der Waals surface area (Å²) in [6.07, 6.45) is -4.51. The number of rotatable bonds is 4. The molecule has 7 nitrogen and oxygen atoms in total. The van der Waals surface area contributed by atoms with E-state index in [4.69, 9.17) is 9.15 Å². The van der Waals surface area contributed by atoms with E-state index in [1.54, 1.807) is 20.8 Å². The number of esters is 1. The van der Waals surface area contributed by atoms with Crippen LogP contribution in [0.15, 0.2) is 51.7 Å². The molecular weight excluding hydrogens is 443 g/mol. The van der Waals surface area contributed by atoms with Gasteiger partial charge in [-0.15, -0.1) is 0 Å². The van der Waals surface area contributed by atoms with Crippen molar-refractivity contribution in [1.82, 2.24) is 5.32 Å². The molecule has 174 valence electrons. The third-order valence-electron chi connectivity index (χ3n) is 4.47.